The molecular formula is C16H15ClN2O4. The molecule has 1 atom stereocenters. The number of rotatable bonds is 6. The van der Waals surface area contributed by atoms with Gasteiger partial charge in [0.25, 0.3) is 5.91 Å². The van der Waals surface area contributed by atoms with E-state index < -0.39 is 17.9 Å². The number of methoxy groups -OCH3 is 1. The second kappa shape index (κ2) is 7.60. The number of aromatic nitrogens is 1. The van der Waals surface area contributed by atoms with Gasteiger partial charge < -0.3 is 15.2 Å². The van der Waals surface area contributed by atoms with Gasteiger partial charge >= 0.3 is 5.97 Å². The van der Waals surface area contributed by atoms with E-state index in [4.69, 9.17) is 21.4 Å². The lowest BCUT2D eigenvalue weighted by Gasteiger charge is -2.18. The summed E-state index contributed by atoms with van der Waals surface area (Å²) in [6.45, 7) is 0. The SMILES string of the molecule is COc1ccc(C(=O)NC(CC(=O)O)c2ccccc2Cl)cn1. The zero-order valence-electron chi connectivity index (χ0n) is 12.3. The van der Waals surface area contributed by atoms with Crippen LogP contribution in [-0.4, -0.2) is 29.1 Å². The topological polar surface area (TPSA) is 88.5 Å². The molecule has 1 unspecified atom stereocenters. The first-order valence-corrected chi connectivity index (χ1v) is 7.16. The molecule has 1 amide bonds. The van der Waals surface area contributed by atoms with Crippen LogP contribution in [0.1, 0.15) is 28.4 Å². The van der Waals surface area contributed by atoms with Gasteiger partial charge in [-0.25, -0.2) is 4.98 Å². The second-order valence-electron chi connectivity index (χ2n) is 4.73. The number of benzene rings is 1. The number of amides is 1. The van der Waals surface area contributed by atoms with Gasteiger partial charge in [0.1, 0.15) is 0 Å². The van der Waals surface area contributed by atoms with Gasteiger partial charge in [0.15, 0.2) is 0 Å². The van der Waals surface area contributed by atoms with E-state index in [0.29, 0.717) is 22.0 Å². The Hall–Kier alpha value is -2.60. The first-order valence-electron chi connectivity index (χ1n) is 6.78. The van der Waals surface area contributed by atoms with Crippen molar-refractivity contribution in [3.8, 4) is 5.88 Å². The van der Waals surface area contributed by atoms with Gasteiger partial charge in [0.05, 0.1) is 25.1 Å². The Morgan fingerprint density at radius 1 is 1.30 bits per heavy atom. The number of hydrogen-bond donors (Lipinski definition) is 2. The number of aliphatic carboxylic acids is 1. The lowest BCUT2D eigenvalue weighted by molar-refractivity contribution is -0.137. The lowest BCUT2D eigenvalue weighted by atomic mass is 10.0. The molecule has 1 heterocycles. The maximum atomic E-state index is 12.3. The van der Waals surface area contributed by atoms with Crippen LogP contribution in [0.3, 0.4) is 0 Å². The number of ether oxygens (including phenoxy) is 1. The molecular weight excluding hydrogens is 320 g/mol. The lowest BCUT2D eigenvalue weighted by Crippen LogP contribution is -2.30. The number of nitrogens with one attached hydrogen (secondary N) is 1. The van der Waals surface area contributed by atoms with E-state index in [1.807, 2.05) is 0 Å². The third kappa shape index (κ3) is 4.43. The highest BCUT2D eigenvalue weighted by atomic mass is 35.5. The maximum absolute atomic E-state index is 12.3. The van der Waals surface area contributed by atoms with E-state index in [-0.39, 0.29) is 6.42 Å². The number of carbonyl (C=O) groups is 2. The molecule has 2 N–H and O–H groups in total. The van der Waals surface area contributed by atoms with Gasteiger partial charge in [-0.2, -0.15) is 0 Å². The van der Waals surface area contributed by atoms with Gasteiger partial charge in [0.2, 0.25) is 5.88 Å². The normalized spacial score (nSPS) is 11.6. The monoisotopic (exact) mass is 334 g/mol. The Labute approximate surface area is 138 Å². The molecule has 0 radical (unpaired) electrons. The quantitative estimate of drug-likeness (QED) is 0.848. The van der Waals surface area contributed by atoms with E-state index in [9.17, 15) is 9.59 Å². The third-order valence-electron chi connectivity index (χ3n) is 3.17. The van der Waals surface area contributed by atoms with Crippen LogP contribution in [0.4, 0.5) is 0 Å². The van der Waals surface area contributed by atoms with Crippen molar-refractivity contribution >= 4 is 23.5 Å². The first-order chi connectivity index (χ1) is 11.0. The van der Waals surface area contributed by atoms with Crippen LogP contribution in [0.25, 0.3) is 0 Å². The molecule has 23 heavy (non-hydrogen) atoms. The number of carboxylic acids is 1. The molecule has 2 aromatic rings. The van der Waals surface area contributed by atoms with Crippen LogP contribution in [-0.2, 0) is 4.79 Å². The van der Waals surface area contributed by atoms with Gasteiger partial charge in [-0.05, 0) is 17.7 Å². The van der Waals surface area contributed by atoms with E-state index in [0.717, 1.165) is 0 Å². The zero-order valence-corrected chi connectivity index (χ0v) is 13.1. The summed E-state index contributed by atoms with van der Waals surface area (Å²) in [7, 11) is 1.47. The first kappa shape index (κ1) is 16.8. The van der Waals surface area contributed by atoms with Crippen molar-refractivity contribution in [2.45, 2.75) is 12.5 Å². The largest absolute Gasteiger partial charge is 0.481 e. The minimum absolute atomic E-state index is 0.279. The van der Waals surface area contributed by atoms with Crippen molar-refractivity contribution in [3.05, 3.63) is 58.7 Å². The van der Waals surface area contributed by atoms with E-state index in [1.165, 1.54) is 13.3 Å². The molecule has 2 rings (SSSR count). The van der Waals surface area contributed by atoms with Gasteiger partial charge in [0, 0.05) is 17.3 Å². The second-order valence-corrected chi connectivity index (χ2v) is 5.14. The summed E-state index contributed by atoms with van der Waals surface area (Å²) in [6, 6.07) is 9.16. The molecule has 0 saturated heterocycles. The summed E-state index contributed by atoms with van der Waals surface area (Å²) < 4.78 is 4.93. The summed E-state index contributed by atoms with van der Waals surface area (Å²) in [5.74, 6) is -1.09. The summed E-state index contributed by atoms with van der Waals surface area (Å²) >= 11 is 6.10. The number of halogens is 1. The predicted octanol–water partition coefficient (Wildman–Crippen LogP) is 2.69. The average Bonchev–Trinajstić information content (AvgIpc) is 2.54. The molecule has 7 heteroatoms. The molecule has 0 aliphatic rings. The standard InChI is InChI=1S/C16H15ClN2O4/c1-23-14-7-6-10(9-18-14)16(22)19-13(8-15(20)21)11-4-2-3-5-12(11)17/h2-7,9,13H,8H2,1H3,(H,19,22)(H,20,21). The van der Waals surface area contributed by atoms with E-state index >= 15 is 0 Å². The Morgan fingerprint density at radius 3 is 2.61 bits per heavy atom. The molecule has 0 saturated carbocycles. The maximum Gasteiger partial charge on any atom is 0.305 e. The van der Waals surface area contributed by atoms with Crippen LogP contribution in [0, 0.1) is 0 Å². The van der Waals surface area contributed by atoms with Crippen molar-refractivity contribution in [3.63, 3.8) is 0 Å². The summed E-state index contributed by atoms with van der Waals surface area (Å²) in [5, 5.41) is 12.1. The fourth-order valence-electron chi connectivity index (χ4n) is 2.05. The van der Waals surface area contributed by atoms with Crippen LogP contribution in [0.5, 0.6) is 5.88 Å². The Balaban J connectivity index is 2.21. The smallest absolute Gasteiger partial charge is 0.305 e. The molecule has 0 spiro atoms. The van der Waals surface area contributed by atoms with Gasteiger partial charge in [-0.1, -0.05) is 29.8 Å². The molecule has 120 valence electrons. The third-order valence-corrected chi connectivity index (χ3v) is 3.52. The minimum atomic E-state index is -1.04. The number of carbonyl (C=O) groups excluding carboxylic acids is 1. The van der Waals surface area contributed by atoms with Crippen molar-refractivity contribution < 1.29 is 19.4 Å². The van der Waals surface area contributed by atoms with Crippen molar-refractivity contribution in [2.75, 3.05) is 7.11 Å². The molecule has 1 aromatic carbocycles. The number of carboxylic acid groups (broad SMARTS) is 1. The Kier molecular flexibility index (Phi) is 5.54. The summed E-state index contributed by atoms with van der Waals surface area (Å²) in [5.41, 5.74) is 0.847. The molecule has 0 fully saturated rings. The molecule has 0 bridgehead atoms. The highest BCUT2D eigenvalue weighted by molar-refractivity contribution is 6.31. The number of pyridine rings is 1. The Bertz CT molecular complexity index is 703. The average molecular weight is 335 g/mol. The zero-order chi connectivity index (χ0) is 16.8. The van der Waals surface area contributed by atoms with Crippen molar-refractivity contribution in [1.82, 2.24) is 10.3 Å². The van der Waals surface area contributed by atoms with Crippen LogP contribution >= 0.6 is 11.6 Å². The molecule has 1 aromatic heterocycles. The van der Waals surface area contributed by atoms with E-state index in [1.54, 1.807) is 36.4 Å². The predicted molar refractivity (Wildman–Crippen MR) is 84.7 cm³/mol. The van der Waals surface area contributed by atoms with Crippen molar-refractivity contribution in [1.29, 1.82) is 0 Å². The highest BCUT2D eigenvalue weighted by Crippen LogP contribution is 2.25. The summed E-state index contributed by atoms with van der Waals surface area (Å²) in [4.78, 5) is 27.3. The fraction of sp³-hybridized carbons (Fsp3) is 0.188. The fourth-order valence-corrected chi connectivity index (χ4v) is 2.32. The van der Waals surface area contributed by atoms with Gasteiger partial charge in [-0.15, -0.1) is 0 Å². The molecule has 0 aliphatic heterocycles. The molecule has 0 aliphatic carbocycles. The van der Waals surface area contributed by atoms with Crippen LogP contribution in [0.2, 0.25) is 5.02 Å². The van der Waals surface area contributed by atoms with Crippen LogP contribution < -0.4 is 10.1 Å². The van der Waals surface area contributed by atoms with E-state index in [2.05, 4.69) is 10.3 Å². The van der Waals surface area contributed by atoms with Gasteiger partial charge in [-0.3, -0.25) is 9.59 Å². The number of hydrogen-bond acceptors (Lipinski definition) is 4. The van der Waals surface area contributed by atoms with Crippen molar-refractivity contribution in [2.24, 2.45) is 0 Å². The molecule has 6 nitrogen and oxygen atoms in total. The van der Waals surface area contributed by atoms with Crippen LogP contribution in [0.15, 0.2) is 42.6 Å². The highest BCUT2D eigenvalue weighted by Gasteiger charge is 2.21. The minimum Gasteiger partial charge on any atom is -0.481 e. The number of nitrogens with zero attached hydrogens (tertiary/aromatic N) is 1. The summed E-state index contributed by atoms with van der Waals surface area (Å²) in [6.07, 6.45) is 1.08. The Morgan fingerprint density at radius 2 is 2.04 bits per heavy atom.